The molecule has 0 spiro atoms. The monoisotopic (exact) mass is 282 g/mol. The maximum absolute atomic E-state index is 12.8. The normalized spacial score (nSPS) is 10.3. The van der Waals surface area contributed by atoms with Crippen molar-refractivity contribution < 1.29 is 13.6 Å². The van der Waals surface area contributed by atoms with Gasteiger partial charge < -0.3 is 4.42 Å². The molecule has 0 saturated carbocycles. The van der Waals surface area contributed by atoms with Gasteiger partial charge in [-0.05, 0) is 24.3 Å². The van der Waals surface area contributed by atoms with Crippen molar-refractivity contribution in [3.05, 3.63) is 72.2 Å². The molecule has 1 N–H and O–H groups in total. The van der Waals surface area contributed by atoms with Gasteiger partial charge in [-0.2, -0.15) is 0 Å². The summed E-state index contributed by atoms with van der Waals surface area (Å²) in [6, 6.07) is 14.8. The van der Waals surface area contributed by atoms with E-state index in [4.69, 9.17) is 4.42 Å². The average Bonchev–Trinajstić information content (AvgIpc) is 2.97. The molecule has 0 radical (unpaired) electrons. The Morgan fingerprint density at radius 1 is 1.05 bits per heavy atom. The van der Waals surface area contributed by atoms with Crippen molar-refractivity contribution in [1.29, 1.82) is 0 Å². The number of hydrogen-bond donors (Lipinski definition) is 1. The van der Waals surface area contributed by atoms with E-state index in [-0.39, 0.29) is 6.01 Å². The summed E-state index contributed by atoms with van der Waals surface area (Å²) in [5, 5.41) is 2.53. The van der Waals surface area contributed by atoms with Crippen LogP contribution in [0.2, 0.25) is 0 Å². The van der Waals surface area contributed by atoms with Crippen LogP contribution in [0, 0.1) is 5.82 Å². The number of benzene rings is 2. The Labute approximate surface area is 120 Å². The zero-order valence-corrected chi connectivity index (χ0v) is 10.9. The highest BCUT2D eigenvalue weighted by molar-refractivity contribution is 6.03. The fraction of sp³-hybridized carbons (Fsp3) is 0. The summed E-state index contributed by atoms with van der Waals surface area (Å²) in [6.07, 6.45) is 1.54. The van der Waals surface area contributed by atoms with Gasteiger partial charge in [0.05, 0.1) is 6.20 Å². The Morgan fingerprint density at radius 2 is 1.76 bits per heavy atom. The Kier molecular flexibility index (Phi) is 3.47. The number of anilines is 1. The first kappa shape index (κ1) is 13.1. The molecule has 0 atom stereocenters. The molecular formula is C16H11FN2O2. The second-order valence-corrected chi connectivity index (χ2v) is 4.36. The molecule has 0 fully saturated rings. The number of carbonyl (C=O) groups is 1. The van der Waals surface area contributed by atoms with Gasteiger partial charge in [0.15, 0.2) is 5.76 Å². The molecule has 21 heavy (non-hydrogen) atoms. The molecule has 2 aromatic carbocycles. The van der Waals surface area contributed by atoms with Gasteiger partial charge in [-0.25, -0.2) is 9.37 Å². The largest absolute Gasteiger partial charge is 0.423 e. The van der Waals surface area contributed by atoms with E-state index in [9.17, 15) is 9.18 Å². The summed E-state index contributed by atoms with van der Waals surface area (Å²) < 4.78 is 18.3. The Balaban J connectivity index is 1.75. The molecule has 1 aromatic heterocycles. The van der Waals surface area contributed by atoms with Crippen molar-refractivity contribution in [3.8, 4) is 11.3 Å². The van der Waals surface area contributed by atoms with Crippen LogP contribution in [-0.2, 0) is 0 Å². The van der Waals surface area contributed by atoms with Crippen LogP contribution in [0.15, 0.2) is 65.2 Å². The second kappa shape index (κ2) is 5.58. The minimum atomic E-state index is -0.406. The highest BCUT2D eigenvalue weighted by atomic mass is 19.1. The topological polar surface area (TPSA) is 55.1 Å². The van der Waals surface area contributed by atoms with Crippen LogP contribution in [0.1, 0.15) is 10.4 Å². The van der Waals surface area contributed by atoms with Crippen LogP contribution in [0.4, 0.5) is 10.4 Å². The Bertz CT molecular complexity index is 751. The zero-order valence-electron chi connectivity index (χ0n) is 10.9. The lowest BCUT2D eigenvalue weighted by Gasteiger charge is -2.00. The Hall–Kier alpha value is -2.95. The number of carbonyl (C=O) groups excluding carboxylic acids is 1. The Morgan fingerprint density at radius 3 is 2.48 bits per heavy atom. The summed E-state index contributed by atoms with van der Waals surface area (Å²) in [5.74, 6) is -0.240. The molecule has 0 bridgehead atoms. The highest BCUT2D eigenvalue weighted by Crippen LogP contribution is 2.22. The van der Waals surface area contributed by atoms with Crippen LogP contribution in [0.3, 0.4) is 0 Å². The van der Waals surface area contributed by atoms with Crippen LogP contribution in [-0.4, -0.2) is 10.9 Å². The third-order valence-corrected chi connectivity index (χ3v) is 2.89. The number of oxazole rings is 1. The lowest BCUT2D eigenvalue weighted by molar-refractivity contribution is 0.102. The van der Waals surface area contributed by atoms with Crippen molar-refractivity contribution in [1.82, 2.24) is 4.98 Å². The number of nitrogens with one attached hydrogen (secondary N) is 1. The molecule has 1 amide bonds. The SMILES string of the molecule is O=C(Nc1ncc(-c2ccccc2)o1)c1ccc(F)cc1. The van der Waals surface area contributed by atoms with E-state index in [1.807, 2.05) is 30.3 Å². The molecule has 0 aliphatic carbocycles. The molecule has 4 nitrogen and oxygen atoms in total. The number of aromatic nitrogens is 1. The lowest BCUT2D eigenvalue weighted by atomic mass is 10.2. The van der Waals surface area contributed by atoms with Gasteiger partial charge in [-0.3, -0.25) is 10.1 Å². The van der Waals surface area contributed by atoms with Crippen LogP contribution >= 0.6 is 0 Å². The van der Waals surface area contributed by atoms with Gasteiger partial charge in [0, 0.05) is 11.1 Å². The van der Waals surface area contributed by atoms with E-state index in [1.54, 1.807) is 0 Å². The molecular weight excluding hydrogens is 271 g/mol. The smallest absolute Gasteiger partial charge is 0.302 e. The summed E-state index contributed by atoms with van der Waals surface area (Å²) in [5.41, 5.74) is 1.20. The zero-order chi connectivity index (χ0) is 14.7. The van der Waals surface area contributed by atoms with Crippen molar-refractivity contribution in [2.24, 2.45) is 0 Å². The molecule has 5 heteroatoms. The first-order valence-corrected chi connectivity index (χ1v) is 6.30. The van der Waals surface area contributed by atoms with Crippen molar-refractivity contribution in [3.63, 3.8) is 0 Å². The van der Waals surface area contributed by atoms with E-state index < -0.39 is 11.7 Å². The van der Waals surface area contributed by atoms with Gasteiger partial charge in [0.25, 0.3) is 5.91 Å². The fourth-order valence-electron chi connectivity index (χ4n) is 1.84. The molecule has 3 aromatic rings. The van der Waals surface area contributed by atoms with Crippen LogP contribution in [0.25, 0.3) is 11.3 Å². The van der Waals surface area contributed by atoms with Crippen molar-refractivity contribution in [2.45, 2.75) is 0 Å². The first-order chi connectivity index (χ1) is 10.2. The predicted octanol–water partition coefficient (Wildman–Crippen LogP) is 3.73. The van der Waals surface area contributed by atoms with Gasteiger partial charge in [0.1, 0.15) is 5.82 Å². The quantitative estimate of drug-likeness (QED) is 0.796. The summed E-state index contributed by atoms with van der Waals surface area (Å²) >= 11 is 0. The molecule has 0 unspecified atom stereocenters. The average molecular weight is 282 g/mol. The molecule has 0 aliphatic rings. The lowest BCUT2D eigenvalue weighted by Crippen LogP contribution is -2.11. The minimum absolute atomic E-state index is 0.100. The van der Waals surface area contributed by atoms with E-state index >= 15 is 0 Å². The van der Waals surface area contributed by atoms with Gasteiger partial charge in [-0.1, -0.05) is 30.3 Å². The maximum Gasteiger partial charge on any atom is 0.302 e. The molecule has 0 saturated heterocycles. The molecule has 1 heterocycles. The van der Waals surface area contributed by atoms with Gasteiger partial charge >= 0.3 is 6.01 Å². The summed E-state index contributed by atoms with van der Waals surface area (Å²) in [6.45, 7) is 0. The summed E-state index contributed by atoms with van der Waals surface area (Å²) in [4.78, 5) is 15.9. The summed E-state index contributed by atoms with van der Waals surface area (Å²) in [7, 11) is 0. The van der Waals surface area contributed by atoms with E-state index in [0.717, 1.165) is 5.56 Å². The third kappa shape index (κ3) is 2.97. The number of halogens is 1. The number of amides is 1. The van der Waals surface area contributed by atoms with E-state index in [2.05, 4.69) is 10.3 Å². The van der Waals surface area contributed by atoms with Crippen LogP contribution in [0.5, 0.6) is 0 Å². The van der Waals surface area contributed by atoms with E-state index in [1.165, 1.54) is 30.5 Å². The van der Waals surface area contributed by atoms with Gasteiger partial charge in [0.2, 0.25) is 0 Å². The van der Waals surface area contributed by atoms with Crippen LogP contribution < -0.4 is 5.32 Å². The fourth-order valence-corrected chi connectivity index (χ4v) is 1.84. The van der Waals surface area contributed by atoms with Gasteiger partial charge in [-0.15, -0.1) is 0 Å². The standard InChI is InChI=1S/C16H11FN2O2/c17-13-8-6-12(7-9-13)15(20)19-16-18-10-14(21-16)11-4-2-1-3-5-11/h1-10H,(H,18,19,20). The predicted molar refractivity (Wildman–Crippen MR) is 76.3 cm³/mol. The maximum atomic E-state index is 12.8. The number of nitrogens with zero attached hydrogens (tertiary/aromatic N) is 1. The highest BCUT2D eigenvalue weighted by Gasteiger charge is 2.11. The van der Waals surface area contributed by atoms with Crippen molar-refractivity contribution in [2.75, 3.05) is 5.32 Å². The van der Waals surface area contributed by atoms with E-state index in [0.29, 0.717) is 11.3 Å². The molecule has 104 valence electrons. The third-order valence-electron chi connectivity index (χ3n) is 2.89. The number of rotatable bonds is 3. The van der Waals surface area contributed by atoms with Crippen molar-refractivity contribution >= 4 is 11.9 Å². The molecule has 3 rings (SSSR count). The first-order valence-electron chi connectivity index (χ1n) is 6.30. The minimum Gasteiger partial charge on any atom is -0.423 e. The second-order valence-electron chi connectivity index (χ2n) is 4.36. The number of hydrogen-bond acceptors (Lipinski definition) is 3. The molecule has 0 aliphatic heterocycles.